The average molecular weight is 223 g/mol. The van der Waals surface area contributed by atoms with Crippen molar-refractivity contribution in [2.45, 2.75) is 33.7 Å². The van der Waals surface area contributed by atoms with Gasteiger partial charge in [0, 0.05) is 19.7 Å². The van der Waals surface area contributed by atoms with Crippen molar-refractivity contribution in [3.8, 4) is 0 Å². The summed E-state index contributed by atoms with van der Waals surface area (Å²) < 4.78 is 1.84. The van der Waals surface area contributed by atoms with Gasteiger partial charge in [-0.25, -0.2) is 0 Å². The molecule has 1 aliphatic rings. The van der Waals surface area contributed by atoms with Crippen LogP contribution in [0.25, 0.3) is 0 Å². The van der Waals surface area contributed by atoms with Gasteiger partial charge in [0.2, 0.25) is 0 Å². The molecule has 2 heterocycles. The molecule has 1 aromatic rings. The molecular weight excluding hydrogens is 202 g/mol. The maximum atomic E-state index is 11.0. The molecule has 90 valence electrons. The molecule has 16 heavy (non-hydrogen) atoms. The molecular formula is C12H21N3O. The SMILES string of the molecule is CC.CC(=O)c1ccn(CCN2CCC2)n1. The lowest BCUT2D eigenvalue weighted by Crippen LogP contribution is -2.39. The number of nitrogens with zero attached hydrogens (tertiary/aromatic N) is 3. The lowest BCUT2D eigenvalue weighted by Gasteiger charge is -2.30. The maximum absolute atomic E-state index is 11.0. The van der Waals surface area contributed by atoms with Gasteiger partial charge < -0.3 is 4.90 Å². The molecule has 0 aliphatic carbocycles. The van der Waals surface area contributed by atoms with Gasteiger partial charge in [-0.3, -0.25) is 9.48 Å². The first-order chi connectivity index (χ1) is 7.75. The fourth-order valence-corrected chi connectivity index (χ4v) is 1.52. The van der Waals surface area contributed by atoms with E-state index in [0.717, 1.165) is 13.1 Å². The van der Waals surface area contributed by atoms with E-state index in [-0.39, 0.29) is 5.78 Å². The van der Waals surface area contributed by atoms with Gasteiger partial charge >= 0.3 is 0 Å². The molecule has 0 N–H and O–H groups in total. The summed E-state index contributed by atoms with van der Waals surface area (Å²) in [6.07, 6.45) is 3.19. The van der Waals surface area contributed by atoms with Gasteiger partial charge in [0.1, 0.15) is 5.69 Å². The molecule has 2 rings (SSSR count). The highest BCUT2D eigenvalue weighted by molar-refractivity contribution is 5.91. The lowest BCUT2D eigenvalue weighted by molar-refractivity contribution is 0.101. The van der Waals surface area contributed by atoms with E-state index >= 15 is 0 Å². The highest BCUT2D eigenvalue weighted by atomic mass is 16.1. The third-order valence-electron chi connectivity index (χ3n) is 2.60. The Morgan fingerprint density at radius 1 is 1.38 bits per heavy atom. The van der Waals surface area contributed by atoms with Crippen LogP contribution in [0.2, 0.25) is 0 Å². The quantitative estimate of drug-likeness (QED) is 0.731. The van der Waals surface area contributed by atoms with E-state index in [9.17, 15) is 4.79 Å². The van der Waals surface area contributed by atoms with Crippen LogP contribution in [0.15, 0.2) is 12.3 Å². The molecule has 1 aliphatic heterocycles. The first-order valence-electron chi connectivity index (χ1n) is 6.02. The van der Waals surface area contributed by atoms with Crippen molar-refractivity contribution in [1.29, 1.82) is 0 Å². The molecule has 0 aromatic carbocycles. The number of aromatic nitrogens is 2. The molecule has 1 aromatic heterocycles. The number of rotatable bonds is 4. The molecule has 0 atom stereocenters. The second kappa shape index (κ2) is 6.43. The van der Waals surface area contributed by atoms with Gasteiger partial charge in [-0.05, 0) is 25.6 Å². The lowest BCUT2D eigenvalue weighted by atomic mass is 10.2. The second-order valence-electron chi connectivity index (χ2n) is 3.72. The highest BCUT2D eigenvalue weighted by Gasteiger charge is 2.13. The van der Waals surface area contributed by atoms with Gasteiger partial charge in [0.25, 0.3) is 0 Å². The molecule has 0 radical (unpaired) electrons. The normalized spacial score (nSPS) is 14.9. The number of ketones is 1. The summed E-state index contributed by atoms with van der Waals surface area (Å²) in [4.78, 5) is 13.4. The second-order valence-corrected chi connectivity index (χ2v) is 3.72. The molecule has 0 unspecified atom stereocenters. The van der Waals surface area contributed by atoms with Crippen LogP contribution in [0, 0.1) is 0 Å². The van der Waals surface area contributed by atoms with E-state index < -0.39 is 0 Å². The molecule has 4 heteroatoms. The predicted molar refractivity (Wildman–Crippen MR) is 64.6 cm³/mol. The van der Waals surface area contributed by atoms with E-state index in [1.165, 1.54) is 19.5 Å². The van der Waals surface area contributed by atoms with Crippen LogP contribution >= 0.6 is 0 Å². The Kier molecular flexibility index (Phi) is 5.19. The zero-order chi connectivity index (χ0) is 12.0. The van der Waals surface area contributed by atoms with E-state index in [2.05, 4.69) is 10.00 Å². The largest absolute Gasteiger partial charge is 0.301 e. The fourth-order valence-electron chi connectivity index (χ4n) is 1.52. The van der Waals surface area contributed by atoms with Gasteiger partial charge in [-0.1, -0.05) is 13.8 Å². The minimum absolute atomic E-state index is 0.0349. The van der Waals surface area contributed by atoms with Crippen LogP contribution < -0.4 is 0 Å². The van der Waals surface area contributed by atoms with E-state index in [0.29, 0.717) is 5.69 Å². The Balaban J connectivity index is 0.000000606. The number of hydrogen-bond acceptors (Lipinski definition) is 3. The first kappa shape index (κ1) is 12.9. The van der Waals surface area contributed by atoms with E-state index in [1.807, 2.05) is 24.7 Å². The Hall–Kier alpha value is -1.16. The fraction of sp³-hybridized carbons (Fsp3) is 0.667. The molecule has 0 saturated carbocycles. The molecule has 0 amide bonds. The summed E-state index contributed by atoms with van der Waals surface area (Å²) in [5, 5.41) is 4.18. The average Bonchev–Trinajstić information content (AvgIpc) is 2.67. The van der Waals surface area contributed by atoms with Crippen LogP contribution in [-0.2, 0) is 6.54 Å². The Bertz CT molecular complexity index is 329. The van der Waals surface area contributed by atoms with Crippen molar-refractivity contribution in [2.75, 3.05) is 19.6 Å². The van der Waals surface area contributed by atoms with Crippen molar-refractivity contribution in [3.63, 3.8) is 0 Å². The highest BCUT2D eigenvalue weighted by Crippen LogP contribution is 2.05. The maximum Gasteiger partial charge on any atom is 0.179 e. The van der Waals surface area contributed by atoms with Crippen molar-refractivity contribution in [3.05, 3.63) is 18.0 Å². The third kappa shape index (κ3) is 3.45. The number of hydrogen-bond donors (Lipinski definition) is 0. The van der Waals surface area contributed by atoms with Crippen molar-refractivity contribution < 1.29 is 4.79 Å². The zero-order valence-corrected chi connectivity index (χ0v) is 10.4. The van der Waals surface area contributed by atoms with Gasteiger partial charge in [-0.15, -0.1) is 0 Å². The molecule has 1 saturated heterocycles. The topological polar surface area (TPSA) is 38.1 Å². The summed E-state index contributed by atoms with van der Waals surface area (Å²) in [5.41, 5.74) is 0.564. The van der Waals surface area contributed by atoms with Crippen LogP contribution in [0.5, 0.6) is 0 Å². The number of likely N-dealkylation sites (tertiary alicyclic amines) is 1. The molecule has 1 fully saturated rings. The first-order valence-corrected chi connectivity index (χ1v) is 6.02. The van der Waals surface area contributed by atoms with Gasteiger partial charge in [0.15, 0.2) is 5.78 Å². The Morgan fingerprint density at radius 2 is 2.06 bits per heavy atom. The van der Waals surface area contributed by atoms with Crippen LogP contribution in [-0.4, -0.2) is 40.1 Å². The van der Waals surface area contributed by atoms with Crippen LogP contribution in [0.4, 0.5) is 0 Å². The summed E-state index contributed by atoms with van der Waals surface area (Å²) >= 11 is 0. The smallest absolute Gasteiger partial charge is 0.179 e. The summed E-state index contributed by atoms with van der Waals surface area (Å²) in [6.45, 7) is 9.88. The monoisotopic (exact) mass is 223 g/mol. The summed E-state index contributed by atoms with van der Waals surface area (Å²) in [5.74, 6) is 0.0349. The minimum atomic E-state index is 0.0349. The Labute approximate surface area is 97.2 Å². The number of carbonyl (C=O) groups is 1. The van der Waals surface area contributed by atoms with E-state index in [4.69, 9.17) is 0 Å². The van der Waals surface area contributed by atoms with Crippen LogP contribution in [0.1, 0.15) is 37.7 Å². The van der Waals surface area contributed by atoms with Crippen LogP contribution in [0.3, 0.4) is 0 Å². The van der Waals surface area contributed by atoms with E-state index in [1.54, 1.807) is 13.0 Å². The van der Waals surface area contributed by atoms with Crippen molar-refractivity contribution in [1.82, 2.24) is 14.7 Å². The third-order valence-corrected chi connectivity index (χ3v) is 2.60. The predicted octanol–water partition coefficient (Wildman–Crippen LogP) is 1.82. The minimum Gasteiger partial charge on any atom is -0.301 e. The number of Topliss-reactive ketones (excluding diaryl/α,β-unsaturated/α-hetero) is 1. The summed E-state index contributed by atoms with van der Waals surface area (Å²) in [6, 6.07) is 1.78. The zero-order valence-electron chi connectivity index (χ0n) is 10.4. The number of carbonyl (C=O) groups excluding carboxylic acids is 1. The molecule has 0 spiro atoms. The van der Waals surface area contributed by atoms with Gasteiger partial charge in [-0.2, -0.15) is 5.10 Å². The molecule has 0 bridgehead atoms. The van der Waals surface area contributed by atoms with Crippen molar-refractivity contribution in [2.24, 2.45) is 0 Å². The standard InChI is InChI=1S/C10H15N3O.C2H6/c1-9(14)10-3-6-13(11-10)8-7-12-4-2-5-12;1-2/h3,6H,2,4-5,7-8H2,1H3;1-2H3. The van der Waals surface area contributed by atoms with Crippen molar-refractivity contribution >= 4 is 5.78 Å². The Morgan fingerprint density at radius 3 is 2.50 bits per heavy atom. The summed E-state index contributed by atoms with van der Waals surface area (Å²) in [7, 11) is 0. The van der Waals surface area contributed by atoms with Gasteiger partial charge in [0.05, 0.1) is 6.54 Å². The molecule has 4 nitrogen and oxygen atoms in total.